The predicted molar refractivity (Wildman–Crippen MR) is 66.4 cm³/mol. The molecule has 1 aromatic carbocycles. The van der Waals surface area contributed by atoms with E-state index in [0.29, 0.717) is 0 Å². The van der Waals surface area contributed by atoms with Gasteiger partial charge in [-0.25, -0.2) is 0 Å². The summed E-state index contributed by atoms with van der Waals surface area (Å²) in [5, 5.41) is 3.40. The normalized spacial score (nSPS) is 15.4. The van der Waals surface area contributed by atoms with Crippen molar-refractivity contribution in [1.82, 2.24) is 0 Å². The molecule has 0 saturated heterocycles. The third kappa shape index (κ3) is 2.16. The van der Waals surface area contributed by atoms with Crippen LogP contribution in [-0.2, 0) is 4.79 Å². The van der Waals surface area contributed by atoms with E-state index in [1.165, 1.54) is 5.56 Å². The molecule has 0 aliphatic heterocycles. The first-order valence-electron chi connectivity index (χ1n) is 5.74. The quantitative estimate of drug-likeness (QED) is 0.836. The number of para-hydroxylation sites is 1. The fourth-order valence-electron chi connectivity index (χ4n) is 2.15. The zero-order valence-electron chi connectivity index (χ0n) is 9.84. The number of Topliss-reactive ketones (excluding diaryl/α,β-unsaturated/α-hetero) is 1. The molecule has 0 atom stereocenters. The van der Waals surface area contributed by atoms with E-state index in [4.69, 9.17) is 0 Å². The maximum atomic E-state index is 11.4. The fourth-order valence-corrected chi connectivity index (χ4v) is 2.15. The number of rotatable bonds is 3. The number of carbonyl (C=O) groups is 1. The van der Waals surface area contributed by atoms with Crippen molar-refractivity contribution in [3.63, 3.8) is 0 Å². The van der Waals surface area contributed by atoms with E-state index in [-0.39, 0.29) is 5.78 Å². The lowest BCUT2D eigenvalue weighted by atomic mass is 10.1. The van der Waals surface area contributed by atoms with Crippen molar-refractivity contribution < 1.29 is 4.79 Å². The average Bonchev–Trinajstić information content (AvgIpc) is 2.69. The number of allylic oxidation sites excluding steroid dienone is 2. The summed E-state index contributed by atoms with van der Waals surface area (Å²) >= 11 is 0. The van der Waals surface area contributed by atoms with Crippen molar-refractivity contribution in [3.05, 3.63) is 41.1 Å². The Morgan fingerprint density at radius 3 is 2.69 bits per heavy atom. The lowest BCUT2D eigenvalue weighted by molar-refractivity contribution is -0.113. The van der Waals surface area contributed by atoms with Crippen LogP contribution in [-0.4, -0.2) is 5.78 Å². The maximum absolute atomic E-state index is 11.4. The minimum Gasteiger partial charge on any atom is -0.358 e. The van der Waals surface area contributed by atoms with E-state index in [1.54, 1.807) is 6.92 Å². The van der Waals surface area contributed by atoms with Gasteiger partial charge in [-0.2, -0.15) is 0 Å². The van der Waals surface area contributed by atoms with Crippen molar-refractivity contribution in [2.24, 2.45) is 0 Å². The van der Waals surface area contributed by atoms with E-state index in [9.17, 15) is 4.79 Å². The molecule has 1 aliphatic carbocycles. The molecule has 0 spiro atoms. The van der Waals surface area contributed by atoms with Gasteiger partial charge in [0.2, 0.25) is 0 Å². The third-order valence-corrected chi connectivity index (χ3v) is 3.07. The van der Waals surface area contributed by atoms with Crippen LogP contribution in [0.3, 0.4) is 0 Å². The van der Waals surface area contributed by atoms with Crippen LogP contribution in [0.25, 0.3) is 0 Å². The number of hydrogen-bond donors (Lipinski definition) is 1. The maximum Gasteiger partial charge on any atom is 0.157 e. The van der Waals surface area contributed by atoms with Crippen LogP contribution >= 0.6 is 0 Å². The summed E-state index contributed by atoms with van der Waals surface area (Å²) in [5.74, 6) is 0.202. The van der Waals surface area contributed by atoms with Gasteiger partial charge in [0.25, 0.3) is 0 Å². The van der Waals surface area contributed by atoms with Gasteiger partial charge in [0.1, 0.15) is 0 Å². The topological polar surface area (TPSA) is 29.1 Å². The second kappa shape index (κ2) is 4.52. The van der Waals surface area contributed by atoms with E-state index in [1.807, 2.05) is 12.1 Å². The van der Waals surface area contributed by atoms with Crippen LogP contribution in [0.5, 0.6) is 0 Å². The molecule has 1 N–H and O–H groups in total. The Bertz CT molecular complexity index is 446. The number of benzene rings is 1. The minimum atomic E-state index is 0.202. The predicted octanol–water partition coefficient (Wildman–Crippen LogP) is 3.43. The number of ketones is 1. The summed E-state index contributed by atoms with van der Waals surface area (Å²) in [6, 6.07) is 8.16. The Kier molecular flexibility index (Phi) is 3.09. The van der Waals surface area contributed by atoms with Crippen LogP contribution in [0.4, 0.5) is 5.69 Å². The Hall–Kier alpha value is -1.57. The van der Waals surface area contributed by atoms with Crippen LogP contribution in [0.2, 0.25) is 0 Å². The third-order valence-electron chi connectivity index (χ3n) is 3.07. The smallest absolute Gasteiger partial charge is 0.157 e. The molecule has 0 bridgehead atoms. The molecule has 0 saturated carbocycles. The second-order valence-electron chi connectivity index (χ2n) is 4.31. The van der Waals surface area contributed by atoms with Crippen LogP contribution < -0.4 is 5.32 Å². The molecular weight excluding hydrogens is 198 g/mol. The van der Waals surface area contributed by atoms with Gasteiger partial charge in [0, 0.05) is 17.0 Å². The van der Waals surface area contributed by atoms with E-state index in [2.05, 4.69) is 24.4 Å². The zero-order valence-corrected chi connectivity index (χ0v) is 9.84. The number of hydrogen-bond acceptors (Lipinski definition) is 2. The van der Waals surface area contributed by atoms with Crippen molar-refractivity contribution in [2.45, 2.75) is 33.1 Å². The van der Waals surface area contributed by atoms with Gasteiger partial charge in [-0.05, 0) is 44.7 Å². The molecule has 0 heterocycles. The molecule has 0 aromatic heterocycles. The molecule has 84 valence electrons. The van der Waals surface area contributed by atoms with Crippen molar-refractivity contribution >= 4 is 11.5 Å². The molecule has 16 heavy (non-hydrogen) atoms. The average molecular weight is 215 g/mol. The van der Waals surface area contributed by atoms with Gasteiger partial charge in [0.15, 0.2) is 5.78 Å². The minimum absolute atomic E-state index is 0.202. The molecular formula is C14H17NO. The monoisotopic (exact) mass is 215 g/mol. The molecule has 2 rings (SSSR count). The summed E-state index contributed by atoms with van der Waals surface area (Å²) in [6.07, 6.45) is 3.00. The van der Waals surface area contributed by atoms with Gasteiger partial charge < -0.3 is 5.32 Å². The van der Waals surface area contributed by atoms with Gasteiger partial charge >= 0.3 is 0 Å². The molecule has 0 unspecified atom stereocenters. The molecule has 2 nitrogen and oxygen atoms in total. The standard InChI is InChI=1S/C14H17NO/c1-10-6-3-4-8-13(10)15-14-9-5-7-12(14)11(2)16/h3-4,6,8,15H,5,7,9H2,1-2H3. The van der Waals surface area contributed by atoms with E-state index < -0.39 is 0 Å². The first-order chi connectivity index (χ1) is 7.68. The summed E-state index contributed by atoms with van der Waals surface area (Å²) in [4.78, 5) is 11.4. The molecule has 0 fully saturated rings. The highest BCUT2D eigenvalue weighted by Gasteiger charge is 2.18. The lowest BCUT2D eigenvalue weighted by Crippen LogP contribution is -2.04. The van der Waals surface area contributed by atoms with Crippen LogP contribution in [0.1, 0.15) is 31.7 Å². The Morgan fingerprint density at radius 2 is 2.00 bits per heavy atom. The Balaban J connectivity index is 2.25. The van der Waals surface area contributed by atoms with E-state index >= 15 is 0 Å². The molecule has 2 heteroatoms. The Labute approximate surface area is 96.4 Å². The highest BCUT2D eigenvalue weighted by molar-refractivity contribution is 5.95. The summed E-state index contributed by atoms with van der Waals surface area (Å²) in [7, 11) is 0. The Morgan fingerprint density at radius 1 is 1.25 bits per heavy atom. The molecule has 1 aromatic rings. The fraction of sp³-hybridized carbons (Fsp3) is 0.357. The van der Waals surface area contributed by atoms with Crippen LogP contribution in [0, 0.1) is 6.92 Å². The van der Waals surface area contributed by atoms with Crippen molar-refractivity contribution in [1.29, 1.82) is 0 Å². The summed E-state index contributed by atoms with van der Waals surface area (Å²) < 4.78 is 0. The summed E-state index contributed by atoms with van der Waals surface area (Å²) in [5.41, 5.74) is 4.41. The first-order valence-corrected chi connectivity index (χ1v) is 5.74. The van der Waals surface area contributed by atoms with Gasteiger partial charge in [0.05, 0.1) is 0 Å². The molecule has 0 radical (unpaired) electrons. The zero-order chi connectivity index (χ0) is 11.5. The number of aryl methyl sites for hydroxylation is 1. The highest BCUT2D eigenvalue weighted by atomic mass is 16.1. The molecule has 0 amide bonds. The second-order valence-corrected chi connectivity index (χ2v) is 4.31. The number of carbonyl (C=O) groups excluding carboxylic acids is 1. The van der Waals surface area contributed by atoms with E-state index in [0.717, 1.165) is 36.2 Å². The van der Waals surface area contributed by atoms with Gasteiger partial charge in [-0.15, -0.1) is 0 Å². The largest absolute Gasteiger partial charge is 0.358 e. The van der Waals surface area contributed by atoms with Crippen molar-refractivity contribution in [3.8, 4) is 0 Å². The van der Waals surface area contributed by atoms with Gasteiger partial charge in [-0.1, -0.05) is 18.2 Å². The number of anilines is 1. The van der Waals surface area contributed by atoms with Gasteiger partial charge in [-0.3, -0.25) is 4.79 Å². The highest BCUT2D eigenvalue weighted by Crippen LogP contribution is 2.28. The van der Waals surface area contributed by atoms with Crippen LogP contribution in [0.15, 0.2) is 35.5 Å². The van der Waals surface area contributed by atoms with Crippen molar-refractivity contribution in [2.75, 3.05) is 5.32 Å². The molecule has 1 aliphatic rings. The SMILES string of the molecule is CC(=O)C1=C(Nc2ccccc2C)CCC1. The first kappa shape index (κ1) is 10.9. The number of nitrogens with one attached hydrogen (secondary N) is 1. The lowest BCUT2D eigenvalue weighted by Gasteiger charge is -2.11. The summed E-state index contributed by atoms with van der Waals surface area (Å²) in [6.45, 7) is 3.73.